The molecule has 1 aromatic heterocycles. The molecule has 2 saturated heterocycles. The molecule has 11 heteroatoms. The Bertz CT molecular complexity index is 878. The van der Waals surface area contributed by atoms with E-state index < -0.39 is 40.0 Å². The van der Waals surface area contributed by atoms with Crippen molar-refractivity contribution in [2.45, 2.75) is 80.0 Å². The van der Waals surface area contributed by atoms with Crippen LogP contribution in [0.1, 0.15) is 67.3 Å². The number of fused-ring (bicyclic) bond motifs is 1. The Morgan fingerprint density at radius 2 is 2.00 bits per heavy atom. The van der Waals surface area contributed by atoms with Gasteiger partial charge in [0, 0.05) is 16.0 Å². The summed E-state index contributed by atoms with van der Waals surface area (Å²) in [6.45, 7) is 5.18. The molecule has 0 spiro atoms. The second-order valence-corrected chi connectivity index (χ2v) is 10.8. The van der Waals surface area contributed by atoms with Crippen molar-refractivity contribution in [2.75, 3.05) is 0 Å². The van der Waals surface area contributed by atoms with Gasteiger partial charge in [0.05, 0.1) is 12.0 Å². The van der Waals surface area contributed by atoms with Crippen molar-refractivity contribution >= 4 is 41.1 Å². The number of nitrogens with one attached hydrogen (secondary N) is 1. The molecule has 2 aliphatic heterocycles. The molecule has 0 bridgehead atoms. The number of aliphatic carboxylic acids is 1. The first-order valence-electron chi connectivity index (χ1n) is 9.75. The van der Waals surface area contributed by atoms with Gasteiger partial charge in [-0.2, -0.15) is 0 Å². The Balaban J connectivity index is 0.00000256. The van der Waals surface area contributed by atoms with E-state index >= 15 is 0 Å². The van der Waals surface area contributed by atoms with Crippen molar-refractivity contribution in [3.63, 3.8) is 0 Å². The first-order valence-corrected chi connectivity index (χ1v) is 11.1. The van der Waals surface area contributed by atoms with Gasteiger partial charge in [-0.25, -0.2) is 0 Å². The number of carboxylic acids is 1. The van der Waals surface area contributed by atoms with E-state index in [9.17, 15) is 19.5 Å². The van der Waals surface area contributed by atoms with E-state index in [1.165, 1.54) is 16.7 Å². The van der Waals surface area contributed by atoms with Gasteiger partial charge in [-0.3, -0.25) is 9.59 Å². The molecule has 3 fully saturated rings. The van der Waals surface area contributed by atoms with Gasteiger partial charge in [-0.1, -0.05) is 18.0 Å². The predicted octanol–water partition coefficient (Wildman–Crippen LogP) is -1.84. The van der Waals surface area contributed by atoms with E-state index in [0.29, 0.717) is 17.0 Å². The fourth-order valence-corrected chi connectivity index (χ4v) is 6.67. The maximum absolute atomic E-state index is 13.0. The van der Waals surface area contributed by atoms with Gasteiger partial charge in [-0.05, 0) is 33.6 Å². The van der Waals surface area contributed by atoms with E-state index in [-0.39, 0.29) is 40.9 Å². The smallest absolute Gasteiger partial charge is 0.548 e. The van der Waals surface area contributed by atoms with Gasteiger partial charge in [0.2, 0.25) is 5.91 Å². The summed E-state index contributed by atoms with van der Waals surface area (Å²) in [4.78, 5) is 38.5. The van der Waals surface area contributed by atoms with Crippen molar-refractivity contribution < 1.29 is 53.6 Å². The van der Waals surface area contributed by atoms with E-state index in [1.54, 1.807) is 20.8 Å². The first-order chi connectivity index (χ1) is 13.6. The third-order valence-electron chi connectivity index (χ3n) is 6.10. The summed E-state index contributed by atoms with van der Waals surface area (Å²) in [6.07, 6.45) is 3.74. The maximum atomic E-state index is 13.0. The molecule has 4 rings (SSSR count). The number of β-lactam (4-membered cyclic amide) rings is 1. The van der Waals surface area contributed by atoms with Gasteiger partial charge in [-0.15, -0.1) is 23.4 Å². The molecule has 3 heterocycles. The Kier molecular flexibility index (Phi) is 6.90. The van der Waals surface area contributed by atoms with Crippen LogP contribution in [0.4, 0.5) is 0 Å². The van der Waals surface area contributed by atoms with Crippen LogP contribution in [0.2, 0.25) is 0 Å². The van der Waals surface area contributed by atoms with Crippen molar-refractivity contribution in [1.29, 1.82) is 0 Å². The number of carboxylic acid groups (broad SMARTS) is 1. The molecule has 5 atom stereocenters. The minimum Gasteiger partial charge on any atom is -0.548 e. The number of alkyl halides is 1. The van der Waals surface area contributed by atoms with Gasteiger partial charge in [0.1, 0.15) is 28.4 Å². The van der Waals surface area contributed by atoms with Gasteiger partial charge >= 0.3 is 29.6 Å². The van der Waals surface area contributed by atoms with Crippen LogP contribution in [-0.4, -0.2) is 55.4 Å². The molecule has 1 saturated carbocycles. The van der Waals surface area contributed by atoms with E-state index in [2.05, 4.69) is 10.5 Å². The van der Waals surface area contributed by atoms with Crippen LogP contribution in [0.5, 0.6) is 0 Å². The summed E-state index contributed by atoms with van der Waals surface area (Å²) < 4.78 is 4.59. The van der Waals surface area contributed by atoms with Crippen molar-refractivity contribution in [2.24, 2.45) is 0 Å². The minimum atomic E-state index is -1.29. The van der Waals surface area contributed by atoms with Crippen molar-refractivity contribution in [3.8, 4) is 0 Å². The number of halogens is 1. The van der Waals surface area contributed by atoms with Crippen LogP contribution >= 0.6 is 23.4 Å². The average molecular weight is 464 g/mol. The molecule has 158 valence electrons. The predicted molar refractivity (Wildman–Crippen MR) is 104 cm³/mol. The van der Waals surface area contributed by atoms with Crippen LogP contribution in [0.3, 0.4) is 0 Å². The zero-order valence-corrected chi connectivity index (χ0v) is 21.0. The second-order valence-electron chi connectivity index (χ2n) is 8.44. The molecule has 30 heavy (non-hydrogen) atoms. The van der Waals surface area contributed by atoms with Gasteiger partial charge in [0.25, 0.3) is 5.91 Å². The second kappa shape index (κ2) is 8.65. The van der Waals surface area contributed by atoms with Crippen LogP contribution in [0.15, 0.2) is 4.52 Å². The number of hydrogen-bond donors (Lipinski definition) is 1. The SMILES string of the molecule is Cc1onc(C2CCCCC2Cl)c1C(=O)NC1C(=O)N2C1SC(C)(C)C2C(=O)[O-].[Na+]. The third-order valence-corrected chi connectivity index (χ3v) is 8.19. The summed E-state index contributed by atoms with van der Waals surface area (Å²) in [6, 6.07) is -1.82. The largest absolute Gasteiger partial charge is 1.00 e. The summed E-state index contributed by atoms with van der Waals surface area (Å²) >= 11 is 7.83. The molecule has 1 aromatic rings. The fraction of sp³-hybridized carbons (Fsp3) is 0.684. The van der Waals surface area contributed by atoms with Gasteiger partial charge < -0.3 is 24.6 Å². The molecule has 1 N–H and O–H groups in total. The maximum Gasteiger partial charge on any atom is 1.00 e. The average Bonchev–Trinajstić information content (AvgIpc) is 3.15. The van der Waals surface area contributed by atoms with E-state index in [1.807, 2.05) is 0 Å². The summed E-state index contributed by atoms with van der Waals surface area (Å²) in [5.41, 5.74) is 0.864. The quantitative estimate of drug-likeness (QED) is 0.317. The monoisotopic (exact) mass is 463 g/mol. The molecule has 0 aromatic carbocycles. The van der Waals surface area contributed by atoms with Crippen LogP contribution in [0, 0.1) is 6.92 Å². The number of aryl methyl sites for hydroxylation is 1. The molecule has 2 amide bonds. The Hall–Kier alpha value is -0.740. The Labute approximate surface area is 206 Å². The fourth-order valence-electron chi connectivity index (χ4n) is 4.65. The molecular weight excluding hydrogens is 441 g/mol. The van der Waals surface area contributed by atoms with Crippen molar-refractivity contribution in [3.05, 3.63) is 17.0 Å². The van der Waals surface area contributed by atoms with E-state index in [4.69, 9.17) is 16.1 Å². The molecule has 1 aliphatic carbocycles. The Morgan fingerprint density at radius 3 is 2.63 bits per heavy atom. The summed E-state index contributed by atoms with van der Waals surface area (Å²) in [5, 5.41) is 17.8. The number of amides is 2. The van der Waals surface area contributed by atoms with Crippen LogP contribution in [-0.2, 0) is 9.59 Å². The molecule has 5 unspecified atom stereocenters. The number of carbonyl (C=O) groups excluding carboxylic acids is 3. The topological polar surface area (TPSA) is 116 Å². The molecule has 3 aliphatic rings. The van der Waals surface area contributed by atoms with Crippen LogP contribution in [0.25, 0.3) is 0 Å². The van der Waals surface area contributed by atoms with Gasteiger partial charge in [0.15, 0.2) is 0 Å². The minimum absolute atomic E-state index is 0. The normalized spacial score (nSPS) is 32.1. The zero-order chi connectivity index (χ0) is 21.1. The van der Waals surface area contributed by atoms with Crippen molar-refractivity contribution in [1.82, 2.24) is 15.4 Å². The number of thioether (sulfide) groups is 1. The summed E-state index contributed by atoms with van der Waals surface area (Å²) in [7, 11) is 0. The first kappa shape index (κ1) is 23.9. The number of rotatable bonds is 4. The number of aromatic nitrogens is 1. The molecular formula is C19H23ClN3NaO5S. The molecule has 8 nitrogen and oxygen atoms in total. The standard InChI is InChI=1S/C19H24ClN3O5S.Na/c1-8-11(12(22-28-8)9-6-4-5-7-10(9)20)15(24)21-13-16(25)23-14(18(26)27)19(2,3)29-17(13)23;/h9-10,13-14,17H,4-7H2,1-3H3,(H,21,24)(H,26,27);/q;+1/p-1. The number of hydrogen-bond acceptors (Lipinski definition) is 7. The Morgan fingerprint density at radius 1 is 1.33 bits per heavy atom. The third kappa shape index (κ3) is 3.81. The summed E-state index contributed by atoms with van der Waals surface area (Å²) in [5.74, 6) is -1.84. The number of carbonyl (C=O) groups is 3. The number of nitrogens with zero attached hydrogens (tertiary/aromatic N) is 2. The van der Waals surface area contributed by atoms with E-state index in [0.717, 1.165) is 25.7 Å². The molecule has 0 radical (unpaired) electrons. The zero-order valence-electron chi connectivity index (χ0n) is 17.4. The van der Waals surface area contributed by atoms with Crippen LogP contribution < -0.4 is 40.0 Å².